The van der Waals surface area contributed by atoms with Gasteiger partial charge in [-0.1, -0.05) is 13.3 Å². The van der Waals surface area contributed by atoms with E-state index in [0.29, 0.717) is 5.69 Å². The second-order valence-electron chi connectivity index (χ2n) is 4.33. The van der Waals surface area contributed by atoms with E-state index < -0.39 is 0 Å². The van der Waals surface area contributed by atoms with E-state index in [1.165, 1.54) is 0 Å². The molecule has 1 saturated heterocycles. The fourth-order valence-electron chi connectivity index (χ4n) is 2.24. The van der Waals surface area contributed by atoms with E-state index in [1.54, 1.807) is 0 Å². The maximum atomic E-state index is 11.6. The molecular formula is C12H18N2O2. The second-order valence-corrected chi connectivity index (χ2v) is 4.33. The number of rotatable bonds is 4. The Morgan fingerprint density at radius 1 is 1.19 bits per heavy atom. The molecule has 88 valence electrons. The molecule has 0 unspecified atom stereocenters. The van der Waals surface area contributed by atoms with Crippen molar-refractivity contribution < 1.29 is 0 Å². The number of hydrogen-bond acceptors (Lipinski definition) is 4. The lowest BCUT2D eigenvalue weighted by Crippen LogP contribution is -2.50. The molecule has 1 N–H and O–H groups in total. The Morgan fingerprint density at radius 2 is 1.88 bits per heavy atom. The highest BCUT2D eigenvalue weighted by Gasteiger charge is 2.25. The number of nitrogens with zero attached hydrogens (tertiary/aromatic N) is 1. The summed E-state index contributed by atoms with van der Waals surface area (Å²) >= 11 is 0. The predicted molar refractivity (Wildman–Crippen MR) is 65.0 cm³/mol. The summed E-state index contributed by atoms with van der Waals surface area (Å²) in [4.78, 5) is 25.1. The van der Waals surface area contributed by atoms with E-state index in [9.17, 15) is 9.59 Å². The molecule has 1 aromatic rings. The Hall–Kier alpha value is -1.16. The third-order valence-electron chi connectivity index (χ3n) is 3.19. The lowest BCUT2D eigenvalue weighted by molar-refractivity contribution is 0.583. The molecule has 0 spiro atoms. The van der Waals surface area contributed by atoms with Crippen molar-refractivity contribution in [3.8, 4) is 0 Å². The van der Waals surface area contributed by atoms with Gasteiger partial charge in [0.25, 0.3) is 0 Å². The van der Waals surface area contributed by atoms with E-state index in [4.69, 9.17) is 0 Å². The van der Waals surface area contributed by atoms with Crippen LogP contribution in [0, 0.1) is 0 Å². The molecule has 1 heterocycles. The van der Waals surface area contributed by atoms with Crippen molar-refractivity contribution in [2.75, 3.05) is 31.1 Å². The molecule has 16 heavy (non-hydrogen) atoms. The summed E-state index contributed by atoms with van der Waals surface area (Å²) in [5.74, 6) is 0. The van der Waals surface area contributed by atoms with Gasteiger partial charge in [-0.25, -0.2) is 0 Å². The van der Waals surface area contributed by atoms with Crippen LogP contribution >= 0.6 is 0 Å². The summed E-state index contributed by atoms with van der Waals surface area (Å²) in [7, 11) is 0. The van der Waals surface area contributed by atoms with Gasteiger partial charge in [0.2, 0.25) is 10.9 Å². The third kappa shape index (κ3) is 1.89. The minimum Gasteiger partial charge on any atom is -0.365 e. The summed E-state index contributed by atoms with van der Waals surface area (Å²) in [6.07, 6.45) is 2.81. The Labute approximate surface area is 95.0 Å². The molecule has 0 bridgehead atoms. The van der Waals surface area contributed by atoms with Crippen LogP contribution in [-0.4, -0.2) is 26.2 Å². The topological polar surface area (TPSA) is 49.4 Å². The summed E-state index contributed by atoms with van der Waals surface area (Å²) < 4.78 is 0. The van der Waals surface area contributed by atoms with Crippen molar-refractivity contribution >= 4 is 5.69 Å². The molecule has 1 fully saturated rings. The molecule has 4 nitrogen and oxygen atoms in total. The molecule has 1 aliphatic heterocycles. The molecule has 0 atom stereocenters. The molecule has 0 radical (unpaired) electrons. The van der Waals surface area contributed by atoms with E-state index >= 15 is 0 Å². The number of hydrogen-bond donors (Lipinski definition) is 1. The molecule has 4 heteroatoms. The molecule has 1 aliphatic rings. The molecular weight excluding hydrogens is 204 g/mol. The summed E-state index contributed by atoms with van der Waals surface area (Å²) in [5.41, 5.74) is 0.962. The largest absolute Gasteiger partial charge is 0.365 e. The first-order valence-electron chi connectivity index (χ1n) is 6.03. The van der Waals surface area contributed by atoms with Crippen molar-refractivity contribution in [2.45, 2.75) is 26.2 Å². The van der Waals surface area contributed by atoms with Crippen molar-refractivity contribution in [3.63, 3.8) is 0 Å². The van der Waals surface area contributed by atoms with Crippen molar-refractivity contribution in [1.29, 1.82) is 0 Å². The number of anilines is 1. The molecule has 0 amide bonds. The SMILES string of the molecule is CCCCc1c(N2CCNCC2)c(=O)c1=O. The van der Waals surface area contributed by atoms with Gasteiger partial charge in [-0.2, -0.15) is 0 Å². The highest BCUT2D eigenvalue weighted by Crippen LogP contribution is 2.17. The maximum Gasteiger partial charge on any atom is 0.249 e. The maximum absolute atomic E-state index is 11.6. The summed E-state index contributed by atoms with van der Waals surface area (Å²) in [6.45, 7) is 5.56. The molecule has 1 aromatic carbocycles. The number of unbranched alkanes of at least 4 members (excludes halogenated alkanes) is 1. The highest BCUT2D eigenvalue weighted by atomic mass is 16.2. The zero-order chi connectivity index (χ0) is 11.5. The summed E-state index contributed by atoms with van der Waals surface area (Å²) in [5, 5.41) is 3.24. The molecule has 0 aromatic heterocycles. The lowest BCUT2D eigenvalue weighted by atomic mass is 9.99. The third-order valence-corrected chi connectivity index (χ3v) is 3.19. The standard InChI is InChI=1S/C12H18N2O2/c1-2-3-4-9-10(12(16)11(9)15)14-7-5-13-6-8-14/h13H,2-8H2,1H3. The minimum absolute atomic E-state index is 0.248. The van der Waals surface area contributed by atoms with Crippen LogP contribution in [0.15, 0.2) is 9.59 Å². The van der Waals surface area contributed by atoms with Crippen LogP contribution in [0.4, 0.5) is 5.69 Å². The lowest BCUT2D eigenvalue weighted by Gasteiger charge is -2.31. The van der Waals surface area contributed by atoms with Crippen LogP contribution in [-0.2, 0) is 6.42 Å². The fourth-order valence-corrected chi connectivity index (χ4v) is 2.24. The average Bonchev–Trinajstić information content (AvgIpc) is 2.34. The van der Waals surface area contributed by atoms with Gasteiger partial charge in [0.05, 0.1) is 5.69 Å². The van der Waals surface area contributed by atoms with Crippen molar-refractivity contribution in [2.24, 2.45) is 0 Å². The van der Waals surface area contributed by atoms with Crippen LogP contribution in [0.25, 0.3) is 0 Å². The van der Waals surface area contributed by atoms with Crippen LogP contribution in [0.2, 0.25) is 0 Å². The first-order valence-corrected chi connectivity index (χ1v) is 6.03. The van der Waals surface area contributed by atoms with E-state index in [-0.39, 0.29) is 10.9 Å². The smallest absolute Gasteiger partial charge is 0.249 e. The normalized spacial score (nSPS) is 16.9. The Balaban J connectivity index is 2.16. The first-order chi connectivity index (χ1) is 7.75. The van der Waals surface area contributed by atoms with Crippen molar-refractivity contribution in [1.82, 2.24) is 5.32 Å². The molecule has 2 rings (SSSR count). The van der Waals surface area contributed by atoms with Gasteiger partial charge in [0.1, 0.15) is 0 Å². The summed E-state index contributed by atoms with van der Waals surface area (Å²) in [6, 6.07) is 0. The Kier molecular flexibility index (Phi) is 3.39. The van der Waals surface area contributed by atoms with Crippen LogP contribution in [0.3, 0.4) is 0 Å². The van der Waals surface area contributed by atoms with E-state index in [2.05, 4.69) is 17.1 Å². The van der Waals surface area contributed by atoms with Gasteiger partial charge in [0, 0.05) is 31.7 Å². The van der Waals surface area contributed by atoms with Gasteiger partial charge < -0.3 is 10.2 Å². The Morgan fingerprint density at radius 3 is 2.50 bits per heavy atom. The van der Waals surface area contributed by atoms with Gasteiger partial charge in [-0.3, -0.25) is 9.59 Å². The minimum atomic E-state index is -0.270. The van der Waals surface area contributed by atoms with E-state index in [0.717, 1.165) is 51.0 Å². The average molecular weight is 222 g/mol. The zero-order valence-electron chi connectivity index (χ0n) is 9.71. The Bertz CT molecular complexity index is 426. The predicted octanol–water partition coefficient (Wildman–Crippen LogP) is 0.0348. The van der Waals surface area contributed by atoms with Crippen molar-refractivity contribution in [3.05, 3.63) is 26.0 Å². The number of piperazine rings is 1. The van der Waals surface area contributed by atoms with Crippen LogP contribution < -0.4 is 21.1 Å². The van der Waals surface area contributed by atoms with Gasteiger partial charge in [0.15, 0.2) is 0 Å². The van der Waals surface area contributed by atoms with Gasteiger partial charge in [-0.05, 0) is 12.8 Å². The fraction of sp³-hybridized carbons (Fsp3) is 0.667. The number of nitrogens with one attached hydrogen (secondary N) is 1. The van der Waals surface area contributed by atoms with Crippen LogP contribution in [0.5, 0.6) is 0 Å². The first kappa shape index (κ1) is 11.3. The quantitative estimate of drug-likeness (QED) is 0.731. The zero-order valence-corrected chi connectivity index (χ0v) is 9.71. The second kappa shape index (κ2) is 4.78. The highest BCUT2D eigenvalue weighted by molar-refractivity contribution is 5.59. The van der Waals surface area contributed by atoms with Gasteiger partial charge >= 0.3 is 0 Å². The van der Waals surface area contributed by atoms with Crippen LogP contribution in [0.1, 0.15) is 25.3 Å². The van der Waals surface area contributed by atoms with E-state index in [1.807, 2.05) is 0 Å². The molecule has 0 aliphatic carbocycles. The monoisotopic (exact) mass is 222 g/mol. The van der Waals surface area contributed by atoms with Gasteiger partial charge in [-0.15, -0.1) is 0 Å². The molecule has 0 saturated carbocycles.